The molecule has 0 aromatic heterocycles. The van der Waals surface area contributed by atoms with Gasteiger partial charge in [-0.1, -0.05) is 66.2 Å². The summed E-state index contributed by atoms with van der Waals surface area (Å²) in [6, 6.07) is 32.2. The first-order valence-corrected chi connectivity index (χ1v) is 9.80. The summed E-state index contributed by atoms with van der Waals surface area (Å²) in [6.07, 6.45) is 0. The van der Waals surface area contributed by atoms with Crippen LogP contribution in [0.1, 0.15) is 0 Å². The van der Waals surface area contributed by atoms with Crippen LogP contribution in [0, 0.1) is 0 Å². The van der Waals surface area contributed by atoms with Crippen molar-refractivity contribution in [3.63, 3.8) is 0 Å². The molecule has 0 radical (unpaired) electrons. The fourth-order valence-corrected chi connectivity index (χ4v) is 3.89. The van der Waals surface area contributed by atoms with E-state index in [1.165, 1.54) is 5.39 Å². The summed E-state index contributed by atoms with van der Waals surface area (Å²) in [5, 5.41) is 5.18. The second kappa shape index (κ2) is 7.16. The number of ether oxygens (including phenoxy) is 1. The summed E-state index contributed by atoms with van der Waals surface area (Å²) in [6.45, 7) is 0. The van der Waals surface area contributed by atoms with Gasteiger partial charge in [-0.05, 0) is 69.6 Å². The van der Waals surface area contributed by atoms with E-state index in [2.05, 4.69) is 48.5 Å². The largest absolute Gasteiger partial charge is 0.457 e. The average Bonchev–Trinajstić information content (AvgIpc) is 2.73. The zero-order valence-electron chi connectivity index (χ0n) is 15.6. The highest BCUT2D eigenvalue weighted by atomic mass is 35.5. The van der Waals surface area contributed by atoms with Crippen LogP contribution in [0.25, 0.3) is 32.7 Å². The van der Waals surface area contributed by atoms with E-state index in [4.69, 9.17) is 22.1 Å². The standard InChI is InChI=1S/C26H18ClNO/c27-20-8-4-9-21(15-20)29-22-12-11-17-7-3-10-23(24(17)16-22)25-13-18-5-1-2-6-19(18)14-26(25)28/h1-16H,28H2. The number of rotatable bonds is 3. The Balaban J connectivity index is 1.65. The maximum absolute atomic E-state index is 6.44. The van der Waals surface area contributed by atoms with Gasteiger partial charge >= 0.3 is 0 Å². The molecule has 0 fully saturated rings. The minimum absolute atomic E-state index is 0.646. The normalized spacial score (nSPS) is 11.1. The first-order chi connectivity index (χ1) is 14.2. The van der Waals surface area contributed by atoms with Gasteiger partial charge in [-0.25, -0.2) is 0 Å². The Kier molecular flexibility index (Phi) is 4.34. The van der Waals surface area contributed by atoms with E-state index in [-0.39, 0.29) is 0 Å². The number of hydrogen-bond donors (Lipinski definition) is 1. The number of hydrogen-bond acceptors (Lipinski definition) is 2. The number of fused-ring (bicyclic) bond motifs is 2. The molecule has 0 bridgehead atoms. The van der Waals surface area contributed by atoms with Crippen molar-refractivity contribution >= 4 is 38.8 Å². The van der Waals surface area contributed by atoms with Gasteiger partial charge in [-0.3, -0.25) is 0 Å². The molecule has 0 aliphatic rings. The van der Waals surface area contributed by atoms with E-state index in [1.54, 1.807) is 6.07 Å². The Morgan fingerprint density at radius 2 is 1.31 bits per heavy atom. The van der Waals surface area contributed by atoms with Gasteiger partial charge in [0.2, 0.25) is 0 Å². The van der Waals surface area contributed by atoms with Gasteiger partial charge in [0.25, 0.3) is 0 Å². The van der Waals surface area contributed by atoms with Crippen LogP contribution in [0.3, 0.4) is 0 Å². The first kappa shape index (κ1) is 17.6. The predicted molar refractivity (Wildman–Crippen MR) is 123 cm³/mol. The van der Waals surface area contributed by atoms with E-state index in [0.29, 0.717) is 10.8 Å². The number of halogens is 1. The Morgan fingerprint density at radius 1 is 0.586 bits per heavy atom. The second-order valence-corrected chi connectivity index (χ2v) is 7.47. The molecule has 0 aliphatic heterocycles. The Morgan fingerprint density at radius 3 is 2.14 bits per heavy atom. The number of nitrogen functional groups attached to an aromatic ring is 1. The fraction of sp³-hybridized carbons (Fsp3) is 0. The Hall–Kier alpha value is -3.49. The maximum atomic E-state index is 6.44. The van der Waals surface area contributed by atoms with Crippen molar-refractivity contribution in [1.82, 2.24) is 0 Å². The van der Waals surface area contributed by atoms with Crippen molar-refractivity contribution in [2.75, 3.05) is 5.73 Å². The zero-order chi connectivity index (χ0) is 19.8. The quantitative estimate of drug-likeness (QED) is 0.318. The van der Waals surface area contributed by atoms with E-state index in [0.717, 1.165) is 38.7 Å². The Labute approximate surface area is 174 Å². The third-order valence-electron chi connectivity index (χ3n) is 5.09. The minimum Gasteiger partial charge on any atom is -0.457 e. The summed E-state index contributed by atoms with van der Waals surface area (Å²) in [5.74, 6) is 1.46. The second-order valence-electron chi connectivity index (χ2n) is 7.03. The molecule has 29 heavy (non-hydrogen) atoms. The SMILES string of the molecule is Nc1cc2ccccc2cc1-c1cccc2ccc(Oc3cccc(Cl)c3)cc12. The molecule has 3 heteroatoms. The van der Waals surface area contributed by atoms with Gasteiger partial charge in [-0.15, -0.1) is 0 Å². The van der Waals surface area contributed by atoms with Crippen molar-refractivity contribution in [1.29, 1.82) is 0 Å². The Bertz CT molecular complexity index is 1360. The molecule has 5 aromatic carbocycles. The van der Waals surface area contributed by atoms with Crippen molar-refractivity contribution in [2.24, 2.45) is 0 Å². The van der Waals surface area contributed by atoms with Crippen molar-refractivity contribution in [3.8, 4) is 22.6 Å². The molecule has 5 aromatic rings. The van der Waals surface area contributed by atoms with Crippen LogP contribution in [0.4, 0.5) is 5.69 Å². The number of anilines is 1. The summed E-state index contributed by atoms with van der Waals surface area (Å²) in [5.41, 5.74) is 9.31. The maximum Gasteiger partial charge on any atom is 0.128 e. The molecular weight excluding hydrogens is 378 g/mol. The van der Waals surface area contributed by atoms with Gasteiger partial charge in [0.15, 0.2) is 0 Å². The summed E-state index contributed by atoms with van der Waals surface area (Å²) in [4.78, 5) is 0. The highest BCUT2D eigenvalue weighted by Gasteiger charge is 2.10. The fourth-order valence-electron chi connectivity index (χ4n) is 3.71. The van der Waals surface area contributed by atoms with E-state index in [9.17, 15) is 0 Å². The van der Waals surface area contributed by atoms with Crippen LogP contribution in [0.15, 0.2) is 97.1 Å². The lowest BCUT2D eigenvalue weighted by Crippen LogP contribution is -1.92. The van der Waals surface area contributed by atoms with Crippen LogP contribution >= 0.6 is 11.6 Å². The molecule has 0 spiro atoms. The molecule has 5 rings (SSSR count). The smallest absolute Gasteiger partial charge is 0.128 e. The van der Waals surface area contributed by atoms with Crippen molar-refractivity contribution in [2.45, 2.75) is 0 Å². The van der Waals surface area contributed by atoms with Gasteiger partial charge in [-0.2, -0.15) is 0 Å². The van der Waals surface area contributed by atoms with Crippen LogP contribution in [-0.4, -0.2) is 0 Å². The molecule has 2 nitrogen and oxygen atoms in total. The molecule has 140 valence electrons. The molecule has 0 aliphatic carbocycles. The summed E-state index contributed by atoms with van der Waals surface area (Å²) in [7, 11) is 0. The van der Waals surface area contributed by atoms with Crippen molar-refractivity contribution < 1.29 is 4.74 Å². The van der Waals surface area contributed by atoms with Crippen LogP contribution < -0.4 is 10.5 Å². The lowest BCUT2D eigenvalue weighted by Gasteiger charge is -2.13. The topological polar surface area (TPSA) is 35.2 Å². The molecule has 0 unspecified atom stereocenters. The molecule has 2 N–H and O–H groups in total. The molecule has 0 saturated heterocycles. The highest BCUT2D eigenvalue weighted by molar-refractivity contribution is 6.30. The zero-order valence-corrected chi connectivity index (χ0v) is 16.4. The van der Waals surface area contributed by atoms with E-state index < -0.39 is 0 Å². The number of nitrogens with two attached hydrogens (primary N) is 1. The molecule has 0 saturated carbocycles. The number of benzene rings is 5. The first-order valence-electron chi connectivity index (χ1n) is 9.42. The average molecular weight is 396 g/mol. The highest BCUT2D eigenvalue weighted by Crippen LogP contribution is 2.37. The summed E-state index contributed by atoms with van der Waals surface area (Å²) < 4.78 is 6.04. The summed E-state index contributed by atoms with van der Waals surface area (Å²) >= 11 is 6.08. The lowest BCUT2D eigenvalue weighted by molar-refractivity contribution is 0.483. The third-order valence-corrected chi connectivity index (χ3v) is 5.33. The molecular formula is C26H18ClNO. The van der Waals surface area contributed by atoms with E-state index >= 15 is 0 Å². The van der Waals surface area contributed by atoms with Crippen LogP contribution in [0.2, 0.25) is 5.02 Å². The third kappa shape index (κ3) is 3.39. The van der Waals surface area contributed by atoms with Gasteiger partial charge in [0, 0.05) is 16.3 Å². The van der Waals surface area contributed by atoms with Gasteiger partial charge < -0.3 is 10.5 Å². The molecule has 0 atom stereocenters. The van der Waals surface area contributed by atoms with Crippen molar-refractivity contribution in [3.05, 3.63) is 102 Å². The van der Waals surface area contributed by atoms with Crippen LogP contribution in [0.5, 0.6) is 11.5 Å². The lowest BCUT2D eigenvalue weighted by atomic mass is 9.94. The monoisotopic (exact) mass is 395 g/mol. The molecule has 0 amide bonds. The minimum atomic E-state index is 0.646. The van der Waals surface area contributed by atoms with Gasteiger partial charge in [0.1, 0.15) is 11.5 Å². The van der Waals surface area contributed by atoms with Gasteiger partial charge in [0.05, 0.1) is 0 Å². The predicted octanol–water partition coefficient (Wildman–Crippen LogP) is 7.69. The van der Waals surface area contributed by atoms with Crippen LogP contribution in [-0.2, 0) is 0 Å². The molecule has 0 heterocycles. The van der Waals surface area contributed by atoms with E-state index in [1.807, 2.05) is 42.5 Å².